The van der Waals surface area contributed by atoms with Crippen LogP contribution in [0, 0.1) is 0 Å². The third kappa shape index (κ3) is 3.33. The Bertz CT molecular complexity index is 1120. The van der Waals surface area contributed by atoms with E-state index in [2.05, 4.69) is 15.0 Å². The summed E-state index contributed by atoms with van der Waals surface area (Å²) in [6.45, 7) is -0.156. The first-order chi connectivity index (χ1) is 14.2. The van der Waals surface area contributed by atoms with Crippen LogP contribution in [-0.2, 0) is 14.3 Å². The number of allylic oxidation sites excluding steroid dienone is 1. The summed E-state index contributed by atoms with van der Waals surface area (Å²) >= 11 is 0. The van der Waals surface area contributed by atoms with Crippen molar-refractivity contribution >= 4 is 23.2 Å². The highest BCUT2D eigenvalue weighted by atomic mass is 19.4. The van der Waals surface area contributed by atoms with Gasteiger partial charge in [-0.15, -0.1) is 0 Å². The van der Waals surface area contributed by atoms with E-state index in [1.54, 1.807) is 35.7 Å². The maximum Gasteiger partial charge on any atom is 0.471 e. The van der Waals surface area contributed by atoms with E-state index in [0.717, 1.165) is 0 Å². The highest BCUT2D eigenvalue weighted by Crippen LogP contribution is 2.46. The van der Waals surface area contributed by atoms with Crippen LogP contribution < -0.4 is 10.1 Å². The number of benzene rings is 1. The summed E-state index contributed by atoms with van der Waals surface area (Å²) in [6, 6.07) is 4.24. The monoisotopic (exact) mass is 419 g/mol. The van der Waals surface area contributed by atoms with Crippen molar-refractivity contribution in [3.05, 3.63) is 64.0 Å². The predicted molar refractivity (Wildman–Crippen MR) is 97.3 cm³/mol. The lowest BCUT2D eigenvalue weighted by Gasteiger charge is -2.30. The van der Waals surface area contributed by atoms with Crippen LogP contribution in [0.3, 0.4) is 0 Å². The van der Waals surface area contributed by atoms with Crippen LogP contribution >= 0.6 is 0 Å². The first-order valence-corrected chi connectivity index (χ1v) is 8.42. The average Bonchev–Trinajstić information content (AvgIpc) is 3.08. The van der Waals surface area contributed by atoms with Crippen LogP contribution in [0.25, 0.3) is 16.0 Å². The fraction of sp³-hybridized carbons (Fsp3) is 0.222. The standard InChI is InChI=1S/C18H12F3N5O4/c1-28-14-6-17(8-30-16(24-17)23-15(27)18(19,20)21)5-11-10-4-9(25-26-22)2-3-13(10)29-7-12(11)14/h2-7H,8H2,1H3,(H,23,24,27)/t17-/m0/s1. The van der Waals surface area contributed by atoms with E-state index in [1.807, 2.05) is 0 Å². The molecule has 0 unspecified atom stereocenters. The van der Waals surface area contributed by atoms with Crippen LogP contribution in [0.2, 0.25) is 0 Å². The molecule has 4 rings (SSSR count). The van der Waals surface area contributed by atoms with Crippen LogP contribution in [0.5, 0.6) is 5.75 Å². The number of nitrogens with zero attached hydrogens (tertiary/aromatic N) is 4. The van der Waals surface area contributed by atoms with Crippen molar-refractivity contribution in [2.75, 3.05) is 13.7 Å². The molecule has 1 atom stereocenters. The number of fused-ring (bicyclic) bond motifs is 3. The molecule has 0 aromatic heterocycles. The molecule has 0 fully saturated rings. The van der Waals surface area contributed by atoms with Crippen molar-refractivity contribution in [1.29, 1.82) is 0 Å². The number of rotatable bonds is 2. The topological polar surface area (TPSA) is 118 Å². The number of nitrogens with one attached hydrogen (secondary N) is 1. The van der Waals surface area contributed by atoms with Crippen LogP contribution in [0.4, 0.5) is 18.9 Å². The number of ether oxygens (including phenoxy) is 3. The third-order valence-electron chi connectivity index (χ3n) is 4.50. The van der Waals surface area contributed by atoms with Gasteiger partial charge in [0.15, 0.2) is 0 Å². The van der Waals surface area contributed by atoms with Crippen molar-refractivity contribution < 1.29 is 32.2 Å². The van der Waals surface area contributed by atoms with Gasteiger partial charge >= 0.3 is 12.1 Å². The summed E-state index contributed by atoms with van der Waals surface area (Å²) in [7, 11) is 1.42. The smallest absolute Gasteiger partial charge is 0.471 e. The van der Waals surface area contributed by atoms with Crippen molar-refractivity contribution in [1.82, 2.24) is 5.32 Å². The molecule has 2 heterocycles. The zero-order chi connectivity index (χ0) is 21.5. The van der Waals surface area contributed by atoms with Crippen molar-refractivity contribution in [2.45, 2.75) is 11.7 Å². The largest absolute Gasteiger partial charge is 0.496 e. The Morgan fingerprint density at radius 1 is 1.37 bits per heavy atom. The van der Waals surface area contributed by atoms with Crippen molar-refractivity contribution in [3.63, 3.8) is 0 Å². The zero-order valence-corrected chi connectivity index (χ0v) is 15.2. The Kier molecular flexibility index (Phi) is 4.43. The lowest BCUT2D eigenvalue weighted by molar-refractivity contribution is -0.172. The molecular weight excluding hydrogens is 407 g/mol. The molecule has 2 aliphatic heterocycles. The second-order valence-corrected chi connectivity index (χ2v) is 6.44. The number of carbonyl (C=O) groups excluding carboxylic acids is 1. The van der Waals surface area contributed by atoms with E-state index in [-0.39, 0.29) is 6.61 Å². The Morgan fingerprint density at radius 3 is 2.87 bits per heavy atom. The lowest BCUT2D eigenvalue weighted by atomic mass is 9.83. The Balaban J connectivity index is 1.77. The molecule has 0 bridgehead atoms. The van der Waals surface area contributed by atoms with Gasteiger partial charge in [0, 0.05) is 16.2 Å². The van der Waals surface area contributed by atoms with Gasteiger partial charge in [0.2, 0.25) is 0 Å². The molecule has 1 N–H and O–H groups in total. The van der Waals surface area contributed by atoms with Crippen LogP contribution in [0.1, 0.15) is 5.56 Å². The Morgan fingerprint density at radius 2 is 2.17 bits per heavy atom. The molecule has 1 aromatic carbocycles. The normalized spacial score (nSPS) is 21.5. The SMILES string of the molecule is COC1=C[C@@]2(C=C3C1=COc1ccc(N=[N+]=[N-])cc13)COC(NC(=O)C(F)(F)F)=N2. The maximum absolute atomic E-state index is 12.5. The summed E-state index contributed by atoms with van der Waals surface area (Å²) < 4.78 is 53.8. The molecule has 9 nitrogen and oxygen atoms in total. The zero-order valence-electron chi connectivity index (χ0n) is 15.2. The van der Waals surface area contributed by atoms with Gasteiger partial charge in [-0.1, -0.05) is 5.11 Å². The molecule has 154 valence electrons. The number of amides is 1. The first kappa shape index (κ1) is 19.4. The molecule has 12 heteroatoms. The summed E-state index contributed by atoms with van der Waals surface area (Å²) in [4.78, 5) is 18.1. The number of azide groups is 1. The first-order valence-electron chi connectivity index (χ1n) is 8.42. The number of hydrogen-bond acceptors (Lipinski definition) is 6. The summed E-state index contributed by atoms with van der Waals surface area (Å²) in [5, 5.41) is 5.18. The number of amidine groups is 1. The minimum atomic E-state index is -5.08. The molecule has 3 aliphatic rings. The fourth-order valence-corrected chi connectivity index (χ4v) is 3.21. The van der Waals surface area contributed by atoms with Gasteiger partial charge in [-0.25, -0.2) is 4.99 Å². The number of aliphatic imine (C=N–C) groups is 1. The van der Waals surface area contributed by atoms with Gasteiger partial charge in [-0.05, 0) is 41.5 Å². The molecule has 0 saturated carbocycles. The predicted octanol–water partition coefficient (Wildman–Crippen LogP) is 3.64. The molecule has 1 spiro atoms. The van der Waals surface area contributed by atoms with E-state index in [4.69, 9.17) is 19.7 Å². The molecule has 1 aromatic rings. The fourth-order valence-electron chi connectivity index (χ4n) is 3.21. The molecule has 1 amide bonds. The van der Waals surface area contributed by atoms with E-state index in [0.29, 0.717) is 33.9 Å². The number of hydrogen-bond donors (Lipinski definition) is 1. The van der Waals surface area contributed by atoms with E-state index in [1.165, 1.54) is 13.4 Å². The van der Waals surface area contributed by atoms with Gasteiger partial charge in [-0.3, -0.25) is 10.1 Å². The van der Waals surface area contributed by atoms with E-state index in [9.17, 15) is 18.0 Å². The van der Waals surface area contributed by atoms with Gasteiger partial charge in [0.05, 0.1) is 12.7 Å². The minimum absolute atomic E-state index is 0.156. The average molecular weight is 419 g/mol. The van der Waals surface area contributed by atoms with Crippen LogP contribution in [0.15, 0.2) is 58.1 Å². The van der Waals surface area contributed by atoms with Gasteiger partial charge in [0.1, 0.15) is 29.9 Å². The van der Waals surface area contributed by atoms with Gasteiger partial charge in [0.25, 0.3) is 6.02 Å². The number of carbonyl (C=O) groups is 1. The summed E-state index contributed by atoms with van der Waals surface area (Å²) in [5.74, 6) is -1.36. The summed E-state index contributed by atoms with van der Waals surface area (Å²) in [6.07, 6.45) is -0.390. The van der Waals surface area contributed by atoms with Gasteiger partial charge in [-0.2, -0.15) is 13.2 Å². The van der Waals surface area contributed by atoms with E-state index < -0.39 is 23.6 Å². The lowest BCUT2D eigenvalue weighted by Crippen LogP contribution is -2.40. The molecule has 30 heavy (non-hydrogen) atoms. The van der Waals surface area contributed by atoms with Crippen LogP contribution in [-0.4, -0.2) is 37.4 Å². The number of methoxy groups -OCH3 is 1. The van der Waals surface area contributed by atoms with Crippen molar-refractivity contribution in [2.24, 2.45) is 10.1 Å². The molecule has 0 radical (unpaired) electrons. The maximum atomic E-state index is 12.5. The minimum Gasteiger partial charge on any atom is -0.496 e. The van der Waals surface area contributed by atoms with Gasteiger partial charge < -0.3 is 14.2 Å². The van der Waals surface area contributed by atoms with E-state index >= 15 is 0 Å². The number of alkyl halides is 3. The second kappa shape index (κ2) is 6.85. The number of halogens is 3. The Labute approximate surface area is 166 Å². The highest BCUT2D eigenvalue weighted by molar-refractivity contribution is 5.98. The summed E-state index contributed by atoms with van der Waals surface area (Å²) in [5.41, 5.74) is 9.55. The Hall–Kier alpha value is -3.92. The quantitative estimate of drug-likeness (QED) is 0.447. The molecular formula is C18H12F3N5O4. The molecule has 0 saturated heterocycles. The highest BCUT2D eigenvalue weighted by Gasteiger charge is 2.44. The van der Waals surface area contributed by atoms with Crippen molar-refractivity contribution in [3.8, 4) is 5.75 Å². The molecule has 1 aliphatic carbocycles. The second-order valence-electron chi connectivity index (χ2n) is 6.44. The third-order valence-corrected chi connectivity index (χ3v) is 4.50.